The van der Waals surface area contributed by atoms with Gasteiger partial charge in [0.05, 0.1) is 12.5 Å². The first-order valence-electron chi connectivity index (χ1n) is 16.1. The van der Waals surface area contributed by atoms with Crippen molar-refractivity contribution in [3.8, 4) is 0 Å². The Hall–Kier alpha value is -4.42. The Morgan fingerprint density at radius 3 is 2.30 bits per heavy atom. The van der Waals surface area contributed by atoms with Gasteiger partial charge in [-0.3, -0.25) is 19.2 Å². The van der Waals surface area contributed by atoms with Crippen LogP contribution >= 0.6 is 0 Å². The monoisotopic (exact) mass is 656 g/mol. The highest BCUT2D eigenvalue weighted by molar-refractivity contribution is 5.94. The Morgan fingerprint density at radius 2 is 1.72 bits per heavy atom. The van der Waals surface area contributed by atoms with Gasteiger partial charge in [-0.1, -0.05) is 50.3 Å². The van der Waals surface area contributed by atoms with Crippen LogP contribution in [-0.2, 0) is 44.8 Å². The molecule has 0 aromatic heterocycles. The number of ether oxygens (including phenoxy) is 3. The van der Waals surface area contributed by atoms with E-state index in [4.69, 9.17) is 14.2 Å². The molecule has 2 aliphatic rings. The molecule has 3 rings (SSSR count). The molecule has 1 unspecified atom stereocenters. The van der Waals surface area contributed by atoms with Gasteiger partial charge in [-0.15, -0.1) is 0 Å². The molecule has 4 N–H and O–H groups in total. The zero-order chi connectivity index (χ0) is 34.7. The number of carbonyl (C=O) groups is 6. The quantitative estimate of drug-likeness (QED) is 0.133. The SMILES string of the molecule is CC(C)C[C@H](NC(=O)[C@@H](NC(=O)OCc1ccccc1)C(C)C(=O)OC(C)(C)C)C(=O)N[C@H](/C=C1\CCOC1=O)C[C@@H]1CCNC1=O. The summed E-state index contributed by atoms with van der Waals surface area (Å²) in [6.07, 6.45) is 2.12. The molecule has 0 aliphatic carbocycles. The van der Waals surface area contributed by atoms with Crippen LogP contribution in [-0.4, -0.2) is 72.6 Å². The molecule has 258 valence electrons. The maximum Gasteiger partial charge on any atom is 0.408 e. The van der Waals surface area contributed by atoms with Crippen molar-refractivity contribution in [3.05, 3.63) is 47.5 Å². The third kappa shape index (κ3) is 12.0. The maximum absolute atomic E-state index is 13.8. The van der Waals surface area contributed by atoms with Crippen LogP contribution in [0.15, 0.2) is 42.0 Å². The molecule has 13 nitrogen and oxygen atoms in total. The molecule has 2 fully saturated rings. The number of alkyl carbamates (subject to hydrolysis) is 1. The highest BCUT2D eigenvalue weighted by Crippen LogP contribution is 2.21. The first-order valence-corrected chi connectivity index (χ1v) is 16.1. The fraction of sp³-hybridized carbons (Fsp3) is 0.588. The van der Waals surface area contributed by atoms with Crippen molar-refractivity contribution >= 4 is 35.8 Å². The largest absolute Gasteiger partial charge is 0.462 e. The van der Waals surface area contributed by atoms with Crippen molar-refractivity contribution < 1.29 is 43.0 Å². The molecule has 0 spiro atoms. The van der Waals surface area contributed by atoms with Crippen LogP contribution < -0.4 is 21.3 Å². The van der Waals surface area contributed by atoms with E-state index in [0.717, 1.165) is 5.56 Å². The molecule has 47 heavy (non-hydrogen) atoms. The van der Waals surface area contributed by atoms with Gasteiger partial charge in [0.1, 0.15) is 24.3 Å². The first-order chi connectivity index (χ1) is 22.1. The Balaban J connectivity index is 1.80. The molecule has 1 aromatic rings. The van der Waals surface area contributed by atoms with Gasteiger partial charge >= 0.3 is 18.0 Å². The standard InChI is InChI=1S/C34H48N4O9/c1-20(2)16-26(29(40)36-25(17-23-12-14-35-28(23)39)18-24-13-15-45-32(24)43)37-30(41)27(21(3)31(42)47-34(4,5)6)38-33(44)46-19-22-10-8-7-9-11-22/h7-11,18,20-21,23,25-27H,12-17,19H2,1-6H3,(H,35,39)(H,36,40)(H,37,41)(H,38,44)/b24-18+/t21?,23-,25-,26-,27-/m0/s1. The van der Waals surface area contributed by atoms with Crippen molar-refractivity contribution in [2.24, 2.45) is 17.8 Å². The van der Waals surface area contributed by atoms with Gasteiger partial charge < -0.3 is 35.5 Å². The molecule has 4 amide bonds. The Labute approximate surface area is 275 Å². The Morgan fingerprint density at radius 1 is 1.02 bits per heavy atom. The van der Waals surface area contributed by atoms with Crippen molar-refractivity contribution in [2.75, 3.05) is 13.2 Å². The molecule has 2 saturated heterocycles. The molecule has 1 aromatic carbocycles. The number of esters is 2. The normalized spacial score (nSPS) is 19.6. The number of hydrogen-bond acceptors (Lipinski definition) is 9. The van der Waals surface area contributed by atoms with Crippen LogP contribution in [0.1, 0.15) is 72.8 Å². The number of cyclic esters (lactones) is 1. The van der Waals surface area contributed by atoms with Gasteiger partial charge in [0.15, 0.2) is 0 Å². The Kier molecular flexibility index (Phi) is 13.3. The van der Waals surface area contributed by atoms with Crippen LogP contribution in [0.3, 0.4) is 0 Å². The molecule has 0 radical (unpaired) electrons. The zero-order valence-corrected chi connectivity index (χ0v) is 28.1. The number of hydrogen-bond donors (Lipinski definition) is 4. The van der Waals surface area contributed by atoms with E-state index in [9.17, 15) is 28.8 Å². The van der Waals surface area contributed by atoms with E-state index in [0.29, 0.717) is 25.0 Å². The fourth-order valence-corrected chi connectivity index (χ4v) is 5.28. The van der Waals surface area contributed by atoms with Crippen LogP contribution in [0.4, 0.5) is 4.79 Å². The smallest absolute Gasteiger partial charge is 0.408 e. The van der Waals surface area contributed by atoms with E-state index in [-0.39, 0.29) is 43.8 Å². The molecule has 5 atom stereocenters. The zero-order valence-electron chi connectivity index (χ0n) is 28.1. The summed E-state index contributed by atoms with van der Waals surface area (Å²) in [4.78, 5) is 78.0. The van der Waals surface area contributed by atoms with Crippen molar-refractivity contribution in [1.29, 1.82) is 0 Å². The minimum Gasteiger partial charge on any atom is -0.462 e. The van der Waals surface area contributed by atoms with Crippen molar-refractivity contribution in [1.82, 2.24) is 21.3 Å². The van der Waals surface area contributed by atoms with E-state index in [1.807, 2.05) is 19.9 Å². The summed E-state index contributed by atoms with van der Waals surface area (Å²) in [5, 5.41) is 10.9. The van der Waals surface area contributed by atoms with Crippen molar-refractivity contribution in [3.63, 3.8) is 0 Å². The van der Waals surface area contributed by atoms with Gasteiger partial charge in [-0.2, -0.15) is 0 Å². The molecular weight excluding hydrogens is 608 g/mol. The second-order valence-electron chi connectivity index (χ2n) is 13.4. The highest BCUT2D eigenvalue weighted by atomic mass is 16.6. The van der Waals surface area contributed by atoms with Crippen LogP contribution in [0.5, 0.6) is 0 Å². The molecule has 0 saturated carbocycles. The number of amides is 4. The summed E-state index contributed by atoms with van der Waals surface area (Å²) in [5.41, 5.74) is 0.275. The molecule has 2 heterocycles. The molecule has 2 aliphatic heterocycles. The van der Waals surface area contributed by atoms with E-state index in [1.54, 1.807) is 51.1 Å². The fourth-order valence-electron chi connectivity index (χ4n) is 5.28. The lowest BCUT2D eigenvalue weighted by atomic mass is 9.95. The van der Waals surface area contributed by atoms with Crippen LogP contribution in [0.25, 0.3) is 0 Å². The average molecular weight is 657 g/mol. The number of benzene rings is 1. The summed E-state index contributed by atoms with van der Waals surface area (Å²) in [7, 11) is 0. The van der Waals surface area contributed by atoms with Crippen LogP contribution in [0.2, 0.25) is 0 Å². The highest BCUT2D eigenvalue weighted by Gasteiger charge is 2.37. The lowest BCUT2D eigenvalue weighted by molar-refractivity contribution is -0.161. The Bertz CT molecular complexity index is 1320. The average Bonchev–Trinajstić information content (AvgIpc) is 3.59. The summed E-state index contributed by atoms with van der Waals surface area (Å²) < 4.78 is 15.9. The minimum absolute atomic E-state index is 0.0428. The summed E-state index contributed by atoms with van der Waals surface area (Å²) in [6.45, 7) is 10.9. The van der Waals surface area contributed by atoms with E-state index >= 15 is 0 Å². The maximum atomic E-state index is 13.8. The lowest BCUT2D eigenvalue weighted by Crippen LogP contribution is -2.58. The summed E-state index contributed by atoms with van der Waals surface area (Å²) in [5.74, 6) is -4.22. The van der Waals surface area contributed by atoms with Crippen molar-refractivity contribution in [2.45, 2.75) is 97.6 Å². The van der Waals surface area contributed by atoms with Gasteiger partial charge in [0, 0.05) is 30.5 Å². The summed E-state index contributed by atoms with van der Waals surface area (Å²) >= 11 is 0. The van der Waals surface area contributed by atoms with E-state index < -0.39 is 59.5 Å². The topological polar surface area (TPSA) is 178 Å². The van der Waals surface area contributed by atoms with E-state index in [1.165, 1.54) is 6.92 Å². The molecule has 13 heteroatoms. The summed E-state index contributed by atoms with van der Waals surface area (Å²) in [6, 6.07) is 5.74. The van der Waals surface area contributed by atoms with Gasteiger partial charge in [0.2, 0.25) is 17.7 Å². The third-order valence-corrected chi connectivity index (χ3v) is 7.69. The molecule has 0 bridgehead atoms. The first kappa shape index (κ1) is 37.0. The predicted molar refractivity (Wildman–Crippen MR) is 171 cm³/mol. The minimum atomic E-state index is -1.44. The second kappa shape index (κ2) is 16.9. The van der Waals surface area contributed by atoms with Gasteiger partial charge in [-0.05, 0) is 58.4 Å². The predicted octanol–water partition coefficient (Wildman–Crippen LogP) is 2.67. The van der Waals surface area contributed by atoms with Crippen LogP contribution in [0, 0.1) is 17.8 Å². The number of rotatable bonds is 14. The number of carbonyl (C=O) groups excluding carboxylic acids is 6. The lowest BCUT2D eigenvalue weighted by Gasteiger charge is -2.29. The number of nitrogens with one attached hydrogen (secondary N) is 4. The second-order valence-corrected chi connectivity index (χ2v) is 13.4. The third-order valence-electron chi connectivity index (χ3n) is 7.69. The van der Waals surface area contributed by atoms with E-state index in [2.05, 4.69) is 21.3 Å². The van der Waals surface area contributed by atoms with Gasteiger partial charge in [0.25, 0.3) is 0 Å². The van der Waals surface area contributed by atoms with Gasteiger partial charge in [-0.25, -0.2) is 9.59 Å². The molecular formula is C34H48N4O9.